The second kappa shape index (κ2) is 9.01. The van der Waals surface area contributed by atoms with Crippen LogP contribution in [-0.2, 0) is 0 Å². The van der Waals surface area contributed by atoms with Crippen LogP contribution in [0.1, 0.15) is 56.6 Å². The Balaban J connectivity index is 1.87. The molecule has 1 unspecified atom stereocenters. The number of rotatable bonds is 5. The highest BCUT2D eigenvalue weighted by molar-refractivity contribution is 5.66. The lowest BCUT2D eigenvalue weighted by Gasteiger charge is -2.26. The van der Waals surface area contributed by atoms with Crippen molar-refractivity contribution in [3.05, 3.63) is 59.3 Å². The third kappa shape index (κ3) is 4.80. The number of piperidine rings is 1. The standard InChI is InChI=1S/C23H25F4N5O/c1-13-3-4-18(24)14(2)20(13)21(23(25,26)27)33-19-9-15(10-30-22(19)28)16-11-31-32(12-16)17-5-7-29-8-6-17/h3-4,9-12,17,21,29H,5-8H2,1-2H3,(H2,28,30)/i1D3,2D3,5D2,6D2,21D. The predicted molar refractivity (Wildman–Crippen MR) is 116 cm³/mol. The van der Waals surface area contributed by atoms with Gasteiger partial charge in [0.25, 0.3) is 0 Å². The number of nitrogen functional groups attached to an aromatic ring is 1. The van der Waals surface area contributed by atoms with Crippen LogP contribution >= 0.6 is 0 Å². The highest BCUT2D eigenvalue weighted by Gasteiger charge is 2.45. The van der Waals surface area contributed by atoms with Gasteiger partial charge >= 0.3 is 6.18 Å². The smallest absolute Gasteiger partial charge is 0.429 e. The van der Waals surface area contributed by atoms with Gasteiger partial charge in [-0.3, -0.25) is 4.68 Å². The van der Waals surface area contributed by atoms with E-state index in [0.717, 1.165) is 23.1 Å². The fourth-order valence-electron chi connectivity index (χ4n) is 3.16. The third-order valence-electron chi connectivity index (χ3n) is 4.77. The van der Waals surface area contributed by atoms with Crippen LogP contribution in [0, 0.1) is 19.5 Å². The van der Waals surface area contributed by atoms with Crippen molar-refractivity contribution < 1.29 is 37.4 Å². The molecule has 6 nitrogen and oxygen atoms in total. The van der Waals surface area contributed by atoms with Crippen LogP contribution in [0.4, 0.5) is 23.4 Å². The Kier molecular flexibility index (Phi) is 3.53. The number of benzene rings is 1. The molecule has 1 aromatic carbocycles. The summed E-state index contributed by atoms with van der Waals surface area (Å²) in [7, 11) is 0. The van der Waals surface area contributed by atoms with Gasteiger partial charge in [-0.25, -0.2) is 9.37 Å². The zero-order valence-electron chi connectivity index (χ0n) is 27.8. The molecule has 2 aromatic heterocycles. The molecule has 1 atom stereocenters. The normalized spacial score (nSPS) is 25.8. The summed E-state index contributed by atoms with van der Waals surface area (Å²) in [5, 5.41) is 6.69. The average molecular weight is 475 g/mol. The maximum Gasteiger partial charge on any atom is 0.429 e. The molecule has 4 rings (SSSR count). The molecule has 1 aliphatic heterocycles. The van der Waals surface area contributed by atoms with Crippen LogP contribution in [0.5, 0.6) is 5.75 Å². The number of nitrogens with two attached hydrogens (primary N) is 1. The summed E-state index contributed by atoms with van der Waals surface area (Å²) >= 11 is 0. The first-order valence-corrected chi connectivity index (χ1v) is 9.50. The molecule has 3 N–H and O–H groups in total. The molecular formula is C23H25F4N5O. The monoisotopic (exact) mass is 474 g/mol. The summed E-state index contributed by atoms with van der Waals surface area (Å²) in [6.07, 6.45) is -11.1. The Bertz CT molecular complexity index is 1540. The van der Waals surface area contributed by atoms with Crippen molar-refractivity contribution in [2.24, 2.45) is 0 Å². The van der Waals surface area contributed by atoms with Gasteiger partial charge in [-0.05, 0) is 62.8 Å². The Labute approximate surface area is 204 Å². The van der Waals surface area contributed by atoms with Crippen molar-refractivity contribution >= 4 is 5.82 Å². The lowest BCUT2D eigenvalue weighted by Crippen LogP contribution is -2.29. The van der Waals surface area contributed by atoms with Gasteiger partial charge in [0.15, 0.2) is 11.6 Å². The number of nitrogens with zero attached hydrogens (tertiary/aromatic N) is 3. The van der Waals surface area contributed by atoms with Crippen LogP contribution in [0.3, 0.4) is 0 Å². The molecule has 0 spiro atoms. The Morgan fingerprint density at radius 3 is 2.76 bits per heavy atom. The maximum atomic E-state index is 14.8. The van der Waals surface area contributed by atoms with E-state index in [2.05, 4.69) is 15.4 Å². The SMILES string of the molecule is [2H]C([2H])([2H])c1ccc(F)c(C([2H])([2H])[2H])c1C([2H])(Oc1cc(-c2cnn(C3C([2H])([2H])CNCC3([2H])[2H])c2)cnc1N)C(F)(F)F. The molecule has 33 heavy (non-hydrogen) atoms. The van der Waals surface area contributed by atoms with Crippen molar-refractivity contribution in [2.75, 3.05) is 18.8 Å². The van der Waals surface area contributed by atoms with E-state index in [0.29, 0.717) is 12.1 Å². The zero-order valence-corrected chi connectivity index (χ0v) is 16.8. The molecule has 10 heteroatoms. The number of pyridine rings is 1. The molecule has 176 valence electrons. The summed E-state index contributed by atoms with van der Waals surface area (Å²) in [6, 6.07) is 0.271. The molecule has 0 bridgehead atoms. The number of aryl methyl sites for hydroxylation is 1. The van der Waals surface area contributed by atoms with Crippen LogP contribution in [0.25, 0.3) is 11.1 Å². The number of anilines is 1. The molecular weight excluding hydrogens is 438 g/mol. The first kappa shape index (κ1) is 12.9. The summed E-state index contributed by atoms with van der Waals surface area (Å²) in [5.41, 5.74) is 1.05. The number of alkyl halides is 3. The summed E-state index contributed by atoms with van der Waals surface area (Å²) in [5.74, 6) is -3.40. The highest BCUT2D eigenvalue weighted by atomic mass is 19.4. The largest absolute Gasteiger partial charge is 0.472 e. The number of ether oxygens (including phenoxy) is 1. The van der Waals surface area contributed by atoms with Gasteiger partial charge in [0, 0.05) is 42.8 Å². The Morgan fingerprint density at radius 2 is 2.06 bits per heavy atom. The number of nitrogens with one attached hydrogen (secondary N) is 1. The third-order valence-corrected chi connectivity index (χ3v) is 4.77. The second-order valence-electron chi connectivity index (χ2n) is 7.00. The number of hydrogen-bond acceptors (Lipinski definition) is 5. The molecule has 3 aromatic rings. The molecule has 0 radical (unpaired) electrons. The molecule has 1 saturated heterocycles. The van der Waals surface area contributed by atoms with E-state index in [1.165, 1.54) is 6.20 Å². The highest BCUT2D eigenvalue weighted by Crippen LogP contribution is 2.41. The van der Waals surface area contributed by atoms with E-state index in [1.807, 2.05) is 0 Å². The fraction of sp³-hybridized carbons (Fsp3) is 0.391. The Morgan fingerprint density at radius 1 is 1.27 bits per heavy atom. The number of halogens is 4. The van der Waals surface area contributed by atoms with E-state index in [-0.39, 0.29) is 24.2 Å². The van der Waals surface area contributed by atoms with Gasteiger partial charge in [-0.15, -0.1) is 0 Å². The van der Waals surface area contributed by atoms with Gasteiger partial charge in [0.05, 0.1) is 13.6 Å². The molecule has 0 saturated carbocycles. The fourth-order valence-corrected chi connectivity index (χ4v) is 3.16. The quantitative estimate of drug-likeness (QED) is 0.515. The van der Waals surface area contributed by atoms with Crippen molar-refractivity contribution in [3.8, 4) is 16.9 Å². The van der Waals surface area contributed by atoms with Gasteiger partial charge in [0.1, 0.15) is 5.82 Å². The maximum absolute atomic E-state index is 14.8. The van der Waals surface area contributed by atoms with Crippen LogP contribution in [-0.4, -0.2) is 34.0 Å². The topological polar surface area (TPSA) is 78.0 Å². The van der Waals surface area contributed by atoms with Crippen molar-refractivity contribution in [1.82, 2.24) is 20.1 Å². The van der Waals surface area contributed by atoms with Gasteiger partial charge in [-0.1, -0.05) is 6.07 Å². The molecule has 3 heterocycles. The molecule has 0 aliphatic carbocycles. The first-order chi connectivity index (χ1) is 19.9. The summed E-state index contributed by atoms with van der Waals surface area (Å²) in [6.45, 7) is -7.46. The Hall–Kier alpha value is -3.14. The number of hydrogen-bond donors (Lipinski definition) is 2. The van der Waals surface area contributed by atoms with E-state index in [1.54, 1.807) is 0 Å². The van der Waals surface area contributed by atoms with Crippen molar-refractivity contribution in [2.45, 2.75) is 44.7 Å². The first-order valence-electron chi connectivity index (χ1n) is 15.0. The van der Waals surface area contributed by atoms with Gasteiger partial charge < -0.3 is 15.8 Å². The van der Waals surface area contributed by atoms with Gasteiger partial charge in [-0.2, -0.15) is 18.3 Å². The van der Waals surface area contributed by atoms with E-state index < -0.39 is 78.8 Å². The number of aromatic nitrogens is 3. The van der Waals surface area contributed by atoms with Gasteiger partial charge in [0.2, 0.25) is 6.08 Å². The van der Waals surface area contributed by atoms with E-state index in [9.17, 15) is 17.6 Å². The van der Waals surface area contributed by atoms with Crippen LogP contribution in [0.2, 0.25) is 0 Å². The van der Waals surface area contributed by atoms with E-state index >= 15 is 0 Å². The molecule has 1 aliphatic rings. The van der Waals surface area contributed by atoms with Crippen LogP contribution in [0.15, 0.2) is 36.8 Å². The molecule has 1 fully saturated rings. The minimum absolute atomic E-state index is 0.0497. The predicted octanol–water partition coefficient (Wildman–Crippen LogP) is 4.89. The van der Waals surface area contributed by atoms with Crippen molar-refractivity contribution in [1.29, 1.82) is 0 Å². The average Bonchev–Trinajstić information content (AvgIpc) is 3.30. The molecule has 0 amide bonds. The van der Waals surface area contributed by atoms with Crippen molar-refractivity contribution in [3.63, 3.8) is 0 Å². The zero-order chi connectivity index (χ0) is 33.3. The minimum Gasteiger partial charge on any atom is -0.472 e. The lowest BCUT2D eigenvalue weighted by molar-refractivity contribution is -0.198. The van der Waals surface area contributed by atoms with Crippen LogP contribution < -0.4 is 15.8 Å². The van der Waals surface area contributed by atoms with E-state index in [4.69, 9.17) is 25.5 Å². The second-order valence-corrected chi connectivity index (χ2v) is 7.00. The lowest BCUT2D eigenvalue weighted by atomic mass is 9.97. The minimum atomic E-state index is -5.86. The summed E-state index contributed by atoms with van der Waals surface area (Å²) < 4.78 is 152. The summed E-state index contributed by atoms with van der Waals surface area (Å²) in [4.78, 5) is 3.76.